The second kappa shape index (κ2) is 6.66. The predicted molar refractivity (Wildman–Crippen MR) is 95.2 cm³/mol. The molecule has 150 valence electrons. The number of halogens is 2. The molecule has 0 aromatic heterocycles. The van der Waals surface area contributed by atoms with Gasteiger partial charge in [0.25, 0.3) is 0 Å². The first-order valence-electron chi connectivity index (χ1n) is 8.33. The lowest BCUT2D eigenvalue weighted by atomic mass is 9.89. The Hall–Kier alpha value is -4.27. The Morgan fingerprint density at radius 1 is 0.967 bits per heavy atom. The summed E-state index contributed by atoms with van der Waals surface area (Å²) in [5.74, 6) is -6.64. The highest BCUT2D eigenvalue weighted by Gasteiger charge is 2.24. The van der Waals surface area contributed by atoms with Gasteiger partial charge in [0.1, 0.15) is 17.2 Å². The van der Waals surface area contributed by atoms with Crippen molar-refractivity contribution in [2.75, 3.05) is 0 Å². The lowest BCUT2D eigenvalue weighted by Gasteiger charge is -2.19. The van der Waals surface area contributed by atoms with E-state index in [1.54, 1.807) is 0 Å². The molecule has 2 aromatic carbocycles. The number of hydrogen-bond acceptors (Lipinski definition) is 6. The van der Waals surface area contributed by atoms with Gasteiger partial charge in [0.2, 0.25) is 5.43 Å². The number of carboxylic acid groups (broad SMARTS) is 2. The van der Waals surface area contributed by atoms with Crippen LogP contribution in [0.3, 0.4) is 0 Å². The molecule has 30 heavy (non-hydrogen) atoms. The molecule has 1 aliphatic carbocycles. The van der Waals surface area contributed by atoms with Gasteiger partial charge in [-0.25, -0.2) is 13.6 Å². The zero-order chi connectivity index (χ0) is 21.7. The Balaban J connectivity index is 2.23. The van der Waals surface area contributed by atoms with E-state index < -0.39 is 45.9 Å². The summed E-state index contributed by atoms with van der Waals surface area (Å²) >= 11 is 0. The van der Waals surface area contributed by atoms with Crippen LogP contribution in [-0.2, 0) is 0 Å². The number of carbonyl (C=O) groups is 2. The van der Waals surface area contributed by atoms with E-state index in [1.807, 2.05) is 0 Å². The highest BCUT2D eigenvalue weighted by atomic mass is 19.1. The summed E-state index contributed by atoms with van der Waals surface area (Å²) in [7, 11) is 0. The summed E-state index contributed by atoms with van der Waals surface area (Å²) in [4.78, 5) is 34.6. The van der Waals surface area contributed by atoms with Crippen molar-refractivity contribution in [1.29, 1.82) is 0 Å². The number of aromatic carboxylic acids is 2. The van der Waals surface area contributed by atoms with Gasteiger partial charge in [0.15, 0.2) is 5.82 Å². The van der Waals surface area contributed by atoms with E-state index in [4.69, 9.17) is 4.42 Å². The van der Waals surface area contributed by atoms with Crippen molar-refractivity contribution in [3.05, 3.63) is 75.4 Å². The maximum atomic E-state index is 14.0. The van der Waals surface area contributed by atoms with Crippen molar-refractivity contribution in [1.82, 2.24) is 0 Å². The third kappa shape index (κ3) is 2.93. The lowest BCUT2D eigenvalue weighted by Crippen LogP contribution is -2.22. The number of carboxylic acids is 2. The van der Waals surface area contributed by atoms with Crippen molar-refractivity contribution in [3.8, 4) is 28.2 Å². The molecule has 0 spiro atoms. The molecule has 4 rings (SSSR count). The van der Waals surface area contributed by atoms with Gasteiger partial charge in [0, 0.05) is 22.6 Å². The zero-order valence-electron chi connectivity index (χ0n) is 14.7. The average Bonchev–Trinajstić information content (AvgIpc) is 2.68. The van der Waals surface area contributed by atoms with Gasteiger partial charge in [0.05, 0.1) is 11.5 Å². The second-order valence-corrected chi connectivity index (χ2v) is 6.39. The minimum Gasteiger partial charge on any atom is -0.870 e. The minimum absolute atomic E-state index is 0.0497. The average molecular weight is 410 g/mol. The van der Waals surface area contributed by atoms with E-state index in [0.29, 0.717) is 0 Å². The number of rotatable bonds is 3. The van der Waals surface area contributed by atoms with E-state index in [-0.39, 0.29) is 33.4 Å². The molecule has 2 aromatic rings. The van der Waals surface area contributed by atoms with E-state index in [1.165, 1.54) is 0 Å². The van der Waals surface area contributed by atoms with E-state index in [9.17, 15) is 38.5 Å². The lowest BCUT2D eigenvalue weighted by molar-refractivity contribution is -0.272. The van der Waals surface area contributed by atoms with Crippen LogP contribution in [0.15, 0.2) is 51.7 Å². The Bertz CT molecular complexity index is 1400. The van der Waals surface area contributed by atoms with Crippen molar-refractivity contribution in [2.24, 2.45) is 0 Å². The molecule has 0 saturated carbocycles. The Labute approximate surface area is 165 Å². The molecule has 1 N–H and O–H groups in total. The summed E-state index contributed by atoms with van der Waals surface area (Å²) in [5.41, 5.74) is -2.32. The zero-order valence-corrected chi connectivity index (χ0v) is 14.7. The molecule has 9 heteroatoms. The number of carbonyl (C=O) groups excluding carboxylic acids is 1. The maximum Gasteiger partial charge on any atom is 0.336 e. The summed E-state index contributed by atoms with van der Waals surface area (Å²) in [6.45, 7) is 0. The number of fused-ring (bicyclic) bond motifs is 2. The molecule has 0 atom stereocenters. The van der Waals surface area contributed by atoms with Gasteiger partial charge in [-0.2, -0.15) is 0 Å². The van der Waals surface area contributed by atoms with Crippen LogP contribution in [0.2, 0.25) is 0 Å². The van der Waals surface area contributed by atoms with E-state index in [2.05, 4.69) is 0 Å². The first-order valence-corrected chi connectivity index (χ1v) is 8.33. The monoisotopic (exact) mass is 410 g/mol. The second-order valence-electron chi connectivity index (χ2n) is 6.39. The Morgan fingerprint density at radius 3 is 2.37 bits per heavy atom. The SMILES string of the molecule is O=C([O-])c1ccc(-c2c3cc(F)c(=O)cc-3oc3cc([O-])c(F)cc23)c(C(=O)O)c1. The van der Waals surface area contributed by atoms with Crippen molar-refractivity contribution in [3.63, 3.8) is 0 Å². The largest absolute Gasteiger partial charge is 0.870 e. The first-order chi connectivity index (χ1) is 14.2. The quantitative estimate of drug-likeness (QED) is 0.511. The third-order valence-corrected chi connectivity index (χ3v) is 4.58. The van der Waals surface area contributed by atoms with Gasteiger partial charge in [-0.1, -0.05) is 17.9 Å². The van der Waals surface area contributed by atoms with Crippen LogP contribution in [0, 0.1) is 11.6 Å². The van der Waals surface area contributed by atoms with Crippen molar-refractivity contribution >= 4 is 22.9 Å². The molecule has 1 heterocycles. The molecule has 2 aliphatic rings. The van der Waals surface area contributed by atoms with Gasteiger partial charge in [-0.3, -0.25) is 4.79 Å². The Morgan fingerprint density at radius 2 is 1.70 bits per heavy atom. The van der Waals surface area contributed by atoms with Gasteiger partial charge in [-0.05, 0) is 35.4 Å². The molecule has 0 amide bonds. The fourth-order valence-corrected chi connectivity index (χ4v) is 3.25. The van der Waals surface area contributed by atoms with Crippen molar-refractivity contribution in [2.45, 2.75) is 0 Å². The van der Waals surface area contributed by atoms with Crippen LogP contribution in [0.4, 0.5) is 8.78 Å². The summed E-state index contributed by atoms with van der Waals surface area (Å²) in [5, 5.41) is 32.4. The van der Waals surface area contributed by atoms with E-state index >= 15 is 0 Å². The molecule has 0 unspecified atom stereocenters. The van der Waals surface area contributed by atoms with Crippen LogP contribution >= 0.6 is 0 Å². The molecule has 1 aliphatic heterocycles. The van der Waals surface area contributed by atoms with Crippen LogP contribution < -0.4 is 15.6 Å². The minimum atomic E-state index is -1.62. The molecule has 0 saturated heterocycles. The summed E-state index contributed by atoms with van der Waals surface area (Å²) in [6, 6.07) is 6.28. The highest BCUT2D eigenvalue weighted by molar-refractivity contribution is 6.08. The fraction of sp³-hybridized carbons (Fsp3) is 0. The van der Waals surface area contributed by atoms with Crippen LogP contribution in [0.1, 0.15) is 20.7 Å². The topological polar surface area (TPSA) is 131 Å². The fourth-order valence-electron chi connectivity index (χ4n) is 3.25. The maximum absolute atomic E-state index is 14.0. The molecule has 0 bridgehead atoms. The van der Waals surface area contributed by atoms with Gasteiger partial charge < -0.3 is 24.5 Å². The number of benzene rings is 3. The summed E-state index contributed by atoms with van der Waals surface area (Å²) < 4.78 is 33.5. The van der Waals surface area contributed by atoms with Crippen LogP contribution in [0.25, 0.3) is 33.4 Å². The molecule has 7 nitrogen and oxygen atoms in total. The molecule has 0 radical (unpaired) electrons. The predicted octanol–water partition coefficient (Wildman–Crippen LogP) is 1.98. The first kappa shape index (κ1) is 19.1. The van der Waals surface area contributed by atoms with Crippen LogP contribution in [-0.4, -0.2) is 17.0 Å². The molecular formula is C21H8F2O7-2. The van der Waals surface area contributed by atoms with Crippen molar-refractivity contribution < 1.29 is 38.1 Å². The molecule has 0 fully saturated rings. The number of hydrogen-bond donors (Lipinski definition) is 1. The van der Waals surface area contributed by atoms with Gasteiger partial charge >= 0.3 is 5.97 Å². The standard InChI is InChI=1S/C21H10F2O7/c22-13-4-11-17(6-15(13)24)30-18-7-16(25)14(23)5-12(18)19(11)9-2-1-8(20(26)27)3-10(9)21(28)29/h1-7,24H,(H,26,27)(H,28,29)/p-2. The van der Waals surface area contributed by atoms with E-state index in [0.717, 1.165) is 42.5 Å². The Kier molecular flexibility index (Phi) is 4.23. The third-order valence-electron chi connectivity index (χ3n) is 4.58. The molecular weight excluding hydrogens is 402 g/mol. The normalized spacial score (nSPS) is 11.1. The smallest absolute Gasteiger partial charge is 0.336 e. The van der Waals surface area contributed by atoms with Gasteiger partial charge in [-0.15, -0.1) is 0 Å². The van der Waals surface area contributed by atoms with Crippen LogP contribution in [0.5, 0.6) is 5.75 Å². The summed E-state index contributed by atoms with van der Waals surface area (Å²) in [6.07, 6.45) is 0. The highest BCUT2D eigenvalue weighted by Crippen LogP contribution is 2.42.